The summed E-state index contributed by atoms with van der Waals surface area (Å²) in [6.45, 7) is 0. The Balaban J connectivity index is 1.84. The Morgan fingerprint density at radius 3 is 2.36 bits per heavy atom. The maximum Gasteiger partial charge on any atom is 0.306 e. The molecular formula is C16H19NO5. The molecule has 1 aliphatic carbocycles. The second-order valence-electron chi connectivity index (χ2n) is 5.48. The van der Waals surface area contributed by atoms with Gasteiger partial charge in [-0.2, -0.15) is 0 Å². The molecule has 6 heteroatoms. The quantitative estimate of drug-likeness (QED) is 0.502. The lowest BCUT2D eigenvalue weighted by Crippen LogP contribution is -2.37. The van der Waals surface area contributed by atoms with Crippen LogP contribution in [0.2, 0.25) is 0 Å². The summed E-state index contributed by atoms with van der Waals surface area (Å²) in [5.74, 6) is -1.78. The lowest BCUT2D eigenvalue weighted by molar-refractivity contribution is -0.142. The molecule has 4 N–H and O–H groups in total. The Hall–Kier alpha value is -2.50. The van der Waals surface area contributed by atoms with Gasteiger partial charge in [-0.1, -0.05) is 6.07 Å². The average molecular weight is 305 g/mol. The lowest BCUT2D eigenvalue weighted by atomic mass is 9.86. The van der Waals surface area contributed by atoms with Crippen molar-refractivity contribution < 1.29 is 24.9 Å². The number of carboxylic acids is 1. The minimum Gasteiger partial charge on any atom is -0.504 e. The molecule has 0 radical (unpaired) electrons. The number of phenolic OH excluding ortho intramolecular Hbond substituents is 2. The van der Waals surface area contributed by atoms with Crippen molar-refractivity contribution in [2.75, 3.05) is 0 Å². The van der Waals surface area contributed by atoms with Crippen LogP contribution in [0.25, 0.3) is 6.08 Å². The number of benzene rings is 1. The molecule has 0 spiro atoms. The number of carbonyl (C=O) groups excluding carboxylic acids is 1. The summed E-state index contributed by atoms with van der Waals surface area (Å²) in [4.78, 5) is 22.7. The molecule has 1 aromatic rings. The normalized spacial score (nSPS) is 21.6. The fourth-order valence-corrected chi connectivity index (χ4v) is 2.55. The van der Waals surface area contributed by atoms with Crippen molar-refractivity contribution in [3.8, 4) is 11.5 Å². The lowest BCUT2D eigenvalue weighted by Gasteiger charge is -2.26. The number of hydrogen-bond donors (Lipinski definition) is 4. The first-order valence-electron chi connectivity index (χ1n) is 7.19. The topological polar surface area (TPSA) is 107 Å². The summed E-state index contributed by atoms with van der Waals surface area (Å²) >= 11 is 0. The number of amides is 1. The third-order valence-corrected chi connectivity index (χ3v) is 3.85. The molecule has 0 saturated heterocycles. The van der Waals surface area contributed by atoms with E-state index in [2.05, 4.69) is 5.32 Å². The predicted molar refractivity (Wildman–Crippen MR) is 80.3 cm³/mol. The van der Waals surface area contributed by atoms with Gasteiger partial charge in [-0.05, 0) is 49.5 Å². The summed E-state index contributed by atoms with van der Waals surface area (Å²) in [6.07, 6.45) is 5.38. The van der Waals surface area contributed by atoms with Crippen molar-refractivity contribution in [2.45, 2.75) is 31.7 Å². The zero-order chi connectivity index (χ0) is 16.1. The van der Waals surface area contributed by atoms with E-state index in [9.17, 15) is 19.8 Å². The molecule has 22 heavy (non-hydrogen) atoms. The largest absolute Gasteiger partial charge is 0.504 e. The zero-order valence-corrected chi connectivity index (χ0v) is 12.0. The zero-order valence-electron chi connectivity index (χ0n) is 12.0. The van der Waals surface area contributed by atoms with Gasteiger partial charge in [0.25, 0.3) is 0 Å². The third-order valence-electron chi connectivity index (χ3n) is 3.85. The Labute approximate surface area is 128 Å². The Bertz CT molecular complexity index is 588. The number of aromatic hydroxyl groups is 2. The van der Waals surface area contributed by atoms with E-state index in [0.717, 1.165) is 0 Å². The van der Waals surface area contributed by atoms with Crippen molar-refractivity contribution >= 4 is 18.0 Å². The molecule has 0 aromatic heterocycles. The first-order chi connectivity index (χ1) is 10.5. The van der Waals surface area contributed by atoms with E-state index in [-0.39, 0.29) is 29.4 Å². The van der Waals surface area contributed by atoms with Gasteiger partial charge in [0.15, 0.2) is 11.5 Å². The number of hydrogen-bond acceptors (Lipinski definition) is 4. The summed E-state index contributed by atoms with van der Waals surface area (Å²) in [7, 11) is 0. The first kappa shape index (κ1) is 15.9. The highest BCUT2D eigenvalue weighted by molar-refractivity contribution is 5.92. The molecule has 1 amide bonds. The standard InChI is InChI=1S/C16H19NO5/c18-13-7-1-10(9-14(13)19)2-8-15(20)17-12-5-3-11(4-6-12)16(21)22/h1-2,7-9,11-12,18-19H,3-6H2,(H,17,20)(H,21,22)/b8-2+. The summed E-state index contributed by atoms with van der Waals surface area (Å²) < 4.78 is 0. The maximum atomic E-state index is 11.8. The van der Waals surface area contributed by atoms with Crippen molar-refractivity contribution in [2.24, 2.45) is 5.92 Å². The van der Waals surface area contributed by atoms with Gasteiger partial charge in [-0.25, -0.2) is 0 Å². The van der Waals surface area contributed by atoms with E-state index in [4.69, 9.17) is 5.11 Å². The Kier molecular flexibility index (Phi) is 5.04. The van der Waals surface area contributed by atoms with Crippen molar-refractivity contribution in [1.29, 1.82) is 0 Å². The molecular weight excluding hydrogens is 286 g/mol. The van der Waals surface area contributed by atoms with E-state index in [1.165, 1.54) is 24.3 Å². The molecule has 0 heterocycles. The number of nitrogens with one attached hydrogen (secondary N) is 1. The molecule has 0 aliphatic heterocycles. The van der Waals surface area contributed by atoms with Gasteiger partial charge in [0.05, 0.1) is 5.92 Å². The van der Waals surface area contributed by atoms with E-state index in [1.54, 1.807) is 6.07 Å². The molecule has 118 valence electrons. The Morgan fingerprint density at radius 2 is 1.77 bits per heavy atom. The van der Waals surface area contributed by atoms with Crippen molar-refractivity contribution in [3.63, 3.8) is 0 Å². The molecule has 2 rings (SSSR count). The van der Waals surface area contributed by atoms with Gasteiger partial charge in [-0.15, -0.1) is 0 Å². The smallest absolute Gasteiger partial charge is 0.306 e. The number of carbonyl (C=O) groups is 2. The molecule has 0 bridgehead atoms. The number of carboxylic acid groups (broad SMARTS) is 1. The molecule has 1 aromatic carbocycles. The van der Waals surface area contributed by atoms with Crippen LogP contribution < -0.4 is 5.32 Å². The second kappa shape index (κ2) is 6.98. The maximum absolute atomic E-state index is 11.8. The minimum atomic E-state index is -0.767. The summed E-state index contributed by atoms with van der Waals surface area (Å²) in [5, 5.41) is 30.3. The van der Waals surface area contributed by atoms with Crippen LogP contribution in [0.15, 0.2) is 24.3 Å². The van der Waals surface area contributed by atoms with E-state index in [1.807, 2.05) is 0 Å². The van der Waals surface area contributed by atoms with Crippen LogP contribution in [-0.4, -0.2) is 33.2 Å². The van der Waals surface area contributed by atoms with Gasteiger partial charge in [-0.3, -0.25) is 9.59 Å². The average Bonchev–Trinajstić information content (AvgIpc) is 2.49. The van der Waals surface area contributed by atoms with Crippen LogP contribution in [-0.2, 0) is 9.59 Å². The van der Waals surface area contributed by atoms with Gasteiger partial charge >= 0.3 is 5.97 Å². The fraction of sp³-hybridized carbons (Fsp3) is 0.375. The SMILES string of the molecule is O=C(/C=C/c1ccc(O)c(O)c1)NC1CCC(C(=O)O)CC1. The van der Waals surface area contributed by atoms with E-state index >= 15 is 0 Å². The van der Waals surface area contributed by atoms with Crippen molar-refractivity contribution in [1.82, 2.24) is 5.32 Å². The molecule has 0 unspecified atom stereocenters. The second-order valence-corrected chi connectivity index (χ2v) is 5.48. The minimum absolute atomic E-state index is 0.000899. The molecule has 1 aliphatic rings. The van der Waals surface area contributed by atoms with E-state index < -0.39 is 5.97 Å². The van der Waals surface area contributed by atoms with Gasteiger partial charge in [0, 0.05) is 12.1 Å². The molecule has 1 fully saturated rings. The first-order valence-corrected chi connectivity index (χ1v) is 7.19. The molecule has 0 atom stereocenters. The van der Waals surface area contributed by atoms with Crippen LogP contribution >= 0.6 is 0 Å². The fourth-order valence-electron chi connectivity index (χ4n) is 2.55. The van der Waals surface area contributed by atoms with Crippen LogP contribution in [0, 0.1) is 5.92 Å². The van der Waals surface area contributed by atoms with Crippen LogP contribution in [0.5, 0.6) is 11.5 Å². The highest BCUT2D eigenvalue weighted by atomic mass is 16.4. The van der Waals surface area contributed by atoms with Gasteiger partial charge < -0.3 is 20.6 Å². The van der Waals surface area contributed by atoms with Crippen LogP contribution in [0.1, 0.15) is 31.2 Å². The highest BCUT2D eigenvalue weighted by Crippen LogP contribution is 2.26. The predicted octanol–water partition coefficient (Wildman–Crippen LogP) is 1.87. The summed E-state index contributed by atoms with van der Waals surface area (Å²) in [5.41, 5.74) is 0.597. The monoisotopic (exact) mass is 305 g/mol. The van der Waals surface area contributed by atoms with Crippen LogP contribution in [0.3, 0.4) is 0 Å². The summed E-state index contributed by atoms with van der Waals surface area (Å²) in [6, 6.07) is 4.29. The van der Waals surface area contributed by atoms with Gasteiger partial charge in [0.1, 0.15) is 0 Å². The number of phenols is 2. The number of rotatable bonds is 4. The Morgan fingerprint density at radius 1 is 1.09 bits per heavy atom. The third kappa shape index (κ3) is 4.25. The molecule has 1 saturated carbocycles. The van der Waals surface area contributed by atoms with Crippen molar-refractivity contribution in [3.05, 3.63) is 29.8 Å². The van der Waals surface area contributed by atoms with Crippen LogP contribution in [0.4, 0.5) is 0 Å². The van der Waals surface area contributed by atoms with Gasteiger partial charge in [0.2, 0.25) is 5.91 Å². The number of aliphatic carboxylic acids is 1. The highest BCUT2D eigenvalue weighted by Gasteiger charge is 2.26. The molecule has 6 nitrogen and oxygen atoms in total. The van der Waals surface area contributed by atoms with E-state index in [0.29, 0.717) is 31.2 Å².